The molecular formula is C20H25N3O2. The van der Waals surface area contributed by atoms with E-state index in [0.29, 0.717) is 12.1 Å². The molecule has 2 rings (SSSR count). The lowest BCUT2D eigenvalue weighted by atomic mass is 10.1. The average molecular weight is 339 g/mol. The van der Waals surface area contributed by atoms with Crippen molar-refractivity contribution in [1.82, 2.24) is 10.6 Å². The van der Waals surface area contributed by atoms with Crippen LogP contribution in [0, 0.1) is 0 Å². The Kier molecular flexibility index (Phi) is 7.01. The molecule has 0 aliphatic heterocycles. The van der Waals surface area contributed by atoms with Crippen molar-refractivity contribution >= 4 is 17.5 Å². The first-order valence-corrected chi connectivity index (χ1v) is 8.54. The van der Waals surface area contributed by atoms with Crippen molar-refractivity contribution in [1.29, 1.82) is 0 Å². The van der Waals surface area contributed by atoms with Crippen molar-refractivity contribution in [2.24, 2.45) is 0 Å². The van der Waals surface area contributed by atoms with E-state index in [-0.39, 0.29) is 24.4 Å². The molecule has 3 N–H and O–H groups in total. The van der Waals surface area contributed by atoms with Crippen LogP contribution in [-0.2, 0) is 11.3 Å². The van der Waals surface area contributed by atoms with Gasteiger partial charge in [0, 0.05) is 23.8 Å². The highest BCUT2D eigenvalue weighted by Crippen LogP contribution is 2.10. The average Bonchev–Trinajstić information content (AvgIpc) is 2.65. The number of nitrogens with one attached hydrogen (secondary N) is 3. The van der Waals surface area contributed by atoms with E-state index in [9.17, 15) is 9.59 Å². The number of carbonyl (C=O) groups is 2. The Morgan fingerprint density at radius 2 is 1.80 bits per heavy atom. The Labute approximate surface area is 148 Å². The highest BCUT2D eigenvalue weighted by Gasteiger charge is 2.08. The van der Waals surface area contributed by atoms with Gasteiger partial charge < -0.3 is 16.0 Å². The smallest absolute Gasteiger partial charge is 0.251 e. The van der Waals surface area contributed by atoms with E-state index in [2.05, 4.69) is 16.0 Å². The topological polar surface area (TPSA) is 70.2 Å². The van der Waals surface area contributed by atoms with E-state index in [1.807, 2.05) is 50.2 Å². The summed E-state index contributed by atoms with van der Waals surface area (Å²) >= 11 is 0. The quantitative estimate of drug-likeness (QED) is 0.692. The SMILES string of the molecule is CCC(C)NC(=O)CNc1cccc(C(=O)NCc2ccccc2)c1. The molecule has 0 saturated carbocycles. The molecule has 5 heteroatoms. The Morgan fingerprint density at radius 3 is 2.52 bits per heavy atom. The lowest BCUT2D eigenvalue weighted by molar-refractivity contribution is -0.120. The number of hydrogen-bond donors (Lipinski definition) is 3. The minimum atomic E-state index is -0.142. The van der Waals surface area contributed by atoms with Crippen molar-refractivity contribution in [2.75, 3.05) is 11.9 Å². The van der Waals surface area contributed by atoms with Crippen LogP contribution in [0.5, 0.6) is 0 Å². The molecule has 2 aromatic carbocycles. The number of rotatable bonds is 8. The maximum atomic E-state index is 12.3. The highest BCUT2D eigenvalue weighted by atomic mass is 16.2. The zero-order valence-corrected chi connectivity index (χ0v) is 14.7. The molecule has 0 spiro atoms. The maximum absolute atomic E-state index is 12.3. The molecule has 0 aliphatic rings. The second kappa shape index (κ2) is 9.47. The van der Waals surface area contributed by atoms with E-state index >= 15 is 0 Å². The number of benzene rings is 2. The van der Waals surface area contributed by atoms with Crippen LogP contribution in [0.4, 0.5) is 5.69 Å². The number of amides is 2. The molecule has 132 valence electrons. The zero-order chi connectivity index (χ0) is 18.1. The molecule has 0 heterocycles. The van der Waals surface area contributed by atoms with Crippen molar-refractivity contribution in [3.05, 3.63) is 65.7 Å². The number of anilines is 1. The van der Waals surface area contributed by atoms with Gasteiger partial charge in [0.05, 0.1) is 6.54 Å². The molecule has 0 fully saturated rings. The molecule has 5 nitrogen and oxygen atoms in total. The van der Waals surface area contributed by atoms with Crippen molar-refractivity contribution < 1.29 is 9.59 Å². The molecule has 0 radical (unpaired) electrons. The molecule has 0 aliphatic carbocycles. The van der Waals surface area contributed by atoms with Crippen LogP contribution in [0.3, 0.4) is 0 Å². The minimum absolute atomic E-state index is 0.0618. The van der Waals surface area contributed by atoms with Crippen molar-refractivity contribution in [3.63, 3.8) is 0 Å². The van der Waals surface area contributed by atoms with E-state index in [1.165, 1.54) is 0 Å². The summed E-state index contributed by atoms with van der Waals surface area (Å²) in [5.41, 5.74) is 2.35. The Balaban J connectivity index is 1.87. The molecule has 0 bridgehead atoms. The molecule has 25 heavy (non-hydrogen) atoms. The molecule has 0 saturated heterocycles. The molecular weight excluding hydrogens is 314 g/mol. The zero-order valence-electron chi connectivity index (χ0n) is 14.7. The van der Waals surface area contributed by atoms with Gasteiger partial charge in [-0.15, -0.1) is 0 Å². The number of hydrogen-bond acceptors (Lipinski definition) is 3. The summed E-state index contributed by atoms with van der Waals surface area (Å²) in [6.45, 7) is 4.65. The van der Waals surface area contributed by atoms with Gasteiger partial charge in [-0.05, 0) is 37.1 Å². The third kappa shape index (κ3) is 6.30. The monoisotopic (exact) mass is 339 g/mol. The van der Waals surface area contributed by atoms with Crippen LogP contribution in [0.15, 0.2) is 54.6 Å². The van der Waals surface area contributed by atoms with E-state index in [4.69, 9.17) is 0 Å². The molecule has 1 unspecified atom stereocenters. The van der Waals surface area contributed by atoms with Gasteiger partial charge in [0.25, 0.3) is 5.91 Å². The fraction of sp³-hybridized carbons (Fsp3) is 0.300. The van der Waals surface area contributed by atoms with Crippen LogP contribution in [0.1, 0.15) is 36.2 Å². The normalized spacial score (nSPS) is 11.4. The minimum Gasteiger partial charge on any atom is -0.376 e. The fourth-order valence-electron chi connectivity index (χ4n) is 2.26. The van der Waals surface area contributed by atoms with Crippen LogP contribution in [0.25, 0.3) is 0 Å². The van der Waals surface area contributed by atoms with Gasteiger partial charge in [-0.1, -0.05) is 43.3 Å². The predicted molar refractivity (Wildman–Crippen MR) is 100 cm³/mol. The summed E-state index contributed by atoms with van der Waals surface area (Å²) in [5, 5.41) is 8.84. The van der Waals surface area contributed by atoms with E-state index in [0.717, 1.165) is 17.7 Å². The first-order chi connectivity index (χ1) is 12.1. The standard InChI is InChI=1S/C20H25N3O2/c1-3-15(2)23-19(24)14-21-18-11-7-10-17(12-18)20(25)22-13-16-8-5-4-6-9-16/h4-12,15,21H,3,13-14H2,1-2H3,(H,22,25)(H,23,24). The summed E-state index contributed by atoms with van der Waals surface area (Å²) < 4.78 is 0. The van der Waals surface area contributed by atoms with Crippen molar-refractivity contribution in [3.8, 4) is 0 Å². The van der Waals surface area contributed by atoms with Gasteiger partial charge >= 0.3 is 0 Å². The Morgan fingerprint density at radius 1 is 1.04 bits per heavy atom. The summed E-state index contributed by atoms with van der Waals surface area (Å²) in [7, 11) is 0. The largest absolute Gasteiger partial charge is 0.376 e. The first-order valence-electron chi connectivity index (χ1n) is 8.54. The third-order valence-corrected chi connectivity index (χ3v) is 3.89. The highest BCUT2D eigenvalue weighted by molar-refractivity contribution is 5.95. The first kappa shape index (κ1) is 18.5. The van der Waals surface area contributed by atoms with Gasteiger partial charge in [-0.2, -0.15) is 0 Å². The third-order valence-electron chi connectivity index (χ3n) is 3.89. The van der Waals surface area contributed by atoms with Crippen molar-refractivity contribution in [2.45, 2.75) is 32.9 Å². The van der Waals surface area contributed by atoms with Crippen LogP contribution in [0.2, 0.25) is 0 Å². The molecule has 1 atom stereocenters. The van der Waals surface area contributed by atoms with Gasteiger partial charge in [-0.25, -0.2) is 0 Å². The Bertz CT molecular complexity index is 701. The summed E-state index contributed by atoms with van der Waals surface area (Å²) in [6, 6.07) is 17.1. The fourth-order valence-corrected chi connectivity index (χ4v) is 2.26. The van der Waals surface area contributed by atoms with Gasteiger partial charge in [0.1, 0.15) is 0 Å². The summed E-state index contributed by atoms with van der Waals surface area (Å²) in [6.07, 6.45) is 0.892. The molecule has 0 aromatic heterocycles. The second-order valence-corrected chi connectivity index (χ2v) is 5.98. The lowest BCUT2D eigenvalue weighted by Gasteiger charge is -2.13. The van der Waals surface area contributed by atoms with Crippen LogP contribution in [-0.4, -0.2) is 24.4 Å². The maximum Gasteiger partial charge on any atom is 0.251 e. The van der Waals surface area contributed by atoms with E-state index in [1.54, 1.807) is 18.2 Å². The number of carbonyl (C=O) groups excluding carboxylic acids is 2. The second-order valence-electron chi connectivity index (χ2n) is 5.98. The van der Waals surface area contributed by atoms with Crippen LogP contribution < -0.4 is 16.0 Å². The van der Waals surface area contributed by atoms with Crippen LogP contribution >= 0.6 is 0 Å². The van der Waals surface area contributed by atoms with Gasteiger partial charge in [0.15, 0.2) is 0 Å². The van der Waals surface area contributed by atoms with E-state index < -0.39 is 0 Å². The van der Waals surface area contributed by atoms with Gasteiger partial charge in [0.2, 0.25) is 5.91 Å². The summed E-state index contributed by atoms with van der Waals surface area (Å²) in [5.74, 6) is -0.204. The summed E-state index contributed by atoms with van der Waals surface area (Å²) in [4.78, 5) is 24.1. The predicted octanol–water partition coefficient (Wildman–Crippen LogP) is 2.94. The molecule has 2 amide bonds. The lowest BCUT2D eigenvalue weighted by Crippen LogP contribution is -2.36. The molecule has 2 aromatic rings. The van der Waals surface area contributed by atoms with Gasteiger partial charge in [-0.3, -0.25) is 9.59 Å². The Hall–Kier alpha value is -2.82.